The van der Waals surface area contributed by atoms with Gasteiger partial charge in [0, 0.05) is 11.6 Å². The Morgan fingerprint density at radius 1 is 1.38 bits per heavy atom. The molecule has 1 aromatic rings. The van der Waals surface area contributed by atoms with Gasteiger partial charge < -0.3 is 20.1 Å². The highest BCUT2D eigenvalue weighted by Crippen LogP contribution is 2.29. The van der Waals surface area contributed by atoms with Crippen molar-refractivity contribution in [1.29, 1.82) is 0 Å². The van der Waals surface area contributed by atoms with Gasteiger partial charge in [-0.2, -0.15) is 0 Å². The van der Waals surface area contributed by atoms with Crippen molar-refractivity contribution in [1.82, 2.24) is 4.90 Å². The van der Waals surface area contributed by atoms with Crippen LogP contribution >= 0.6 is 0 Å². The van der Waals surface area contributed by atoms with E-state index in [1.54, 1.807) is 30.0 Å². The van der Waals surface area contributed by atoms with Crippen LogP contribution in [-0.2, 0) is 9.53 Å². The highest BCUT2D eigenvalue weighted by molar-refractivity contribution is 5.97. The number of benzene rings is 1. The molecule has 0 spiro atoms. The molecule has 1 amide bonds. The van der Waals surface area contributed by atoms with E-state index in [1.165, 1.54) is 7.11 Å². The lowest BCUT2D eigenvalue weighted by Crippen LogP contribution is -2.38. The van der Waals surface area contributed by atoms with Gasteiger partial charge >= 0.3 is 5.97 Å². The van der Waals surface area contributed by atoms with Crippen molar-refractivity contribution in [3.8, 4) is 5.75 Å². The standard InChI is InChI=1S/C15H20N2O4/c1-3-21-14(18)9-17(11-5-6-11)15(19)10-4-7-12(16)13(8-10)20-2/h4,7-8,11H,3,5-6,9,16H2,1-2H3. The van der Waals surface area contributed by atoms with Gasteiger partial charge in [-0.15, -0.1) is 0 Å². The molecule has 0 aromatic heterocycles. The molecule has 2 N–H and O–H groups in total. The van der Waals surface area contributed by atoms with E-state index in [0.29, 0.717) is 23.6 Å². The third kappa shape index (κ3) is 3.65. The number of carbonyl (C=O) groups is 2. The summed E-state index contributed by atoms with van der Waals surface area (Å²) in [5, 5.41) is 0. The highest BCUT2D eigenvalue weighted by atomic mass is 16.5. The second-order valence-corrected chi connectivity index (χ2v) is 4.93. The summed E-state index contributed by atoms with van der Waals surface area (Å²) in [7, 11) is 1.50. The summed E-state index contributed by atoms with van der Waals surface area (Å²) >= 11 is 0. The number of carbonyl (C=O) groups excluding carboxylic acids is 2. The monoisotopic (exact) mass is 292 g/mol. The fraction of sp³-hybridized carbons (Fsp3) is 0.467. The number of esters is 1. The zero-order valence-corrected chi connectivity index (χ0v) is 12.3. The Morgan fingerprint density at radius 2 is 2.10 bits per heavy atom. The Bertz CT molecular complexity index is 540. The van der Waals surface area contributed by atoms with Crippen LogP contribution < -0.4 is 10.5 Å². The average Bonchev–Trinajstić information content (AvgIpc) is 3.29. The lowest BCUT2D eigenvalue weighted by Gasteiger charge is -2.21. The quantitative estimate of drug-likeness (QED) is 0.634. The zero-order valence-electron chi connectivity index (χ0n) is 12.3. The first-order chi connectivity index (χ1) is 10.1. The number of hydrogen-bond acceptors (Lipinski definition) is 5. The number of nitrogens with zero attached hydrogens (tertiary/aromatic N) is 1. The van der Waals surface area contributed by atoms with Gasteiger partial charge in [-0.3, -0.25) is 9.59 Å². The number of rotatable bonds is 6. The molecule has 1 fully saturated rings. The van der Waals surface area contributed by atoms with Gasteiger partial charge in [0.2, 0.25) is 0 Å². The van der Waals surface area contributed by atoms with E-state index in [9.17, 15) is 9.59 Å². The normalized spacial score (nSPS) is 13.6. The molecular weight excluding hydrogens is 272 g/mol. The smallest absolute Gasteiger partial charge is 0.325 e. The largest absolute Gasteiger partial charge is 0.495 e. The molecule has 0 unspecified atom stereocenters. The van der Waals surface area contributed by atoms with E-state index < -0.39 is 0 Å². The molecule has 0 saturated heterocycles. The maximum Gasteiger partial charge on any atom is 0.325 e. The molecule has 1 aromatic carbocycles. The minimum absolute atomic E-state index is 0.0238. The van der Waals surface area contributed by atoms with Gasteiger partial charge in [0.05, 0.1) is 19.4 Å². The number of hydrogen-bond donors (Lipinski definition) is 1. The molecular formula is C15H20N2O4. The minimum Gasteiger partial charge on any atom is -0.495 e. The van der Waals surface area contributed by atoms with Crippen LogP contribution in [0.4, 0.5) is 5.69 Å². The van der Waals surface area contributed by atoms with E-state index >= 15 is 0 Å². The Hall–Kier alpha value is -2.24. The number of amides is 1. The Balaban J connectivity index is 2.16. The van der Waals surface area contributed by atoms with Crippen molar-refractivity contribution in [3.63, 3.8) is 0 Å². The average molecular weight is 292 g/mol. The molecule has 1 saturated carbocycles. The summed E-state index contributed by atoms with van der Waals surface area (Å²) in [5.41, 5.74) is 6.67. The van der Waals surface area contributed by atoms with E-state index in [0.717, 1.165) is 12.8 Å². The molecule has 2 rings (SSSR count). The van der Waals surface area contributed by atoms with Gasteiger partial charge in [0.1, 0.15) is 12.3 Å². The van der Waals surface area contributed by atoms with Crippen molar-refractivity contribution < 1.29 is 19.1 Å². The number of ether oxygens (including phenoxy) is 2. The number of anilines is 1. The topological polar surface area (TPSA) is 81.9 Å². The molecule has 1 aliphatic carbocycles. The van der Waals surface area contributed by atoms with E-state index in [4.69, 9.17) is 15.2 Å². The molecule has 0 bridgehead atoms. The fourth-order valence-electron chi connectivity index (χ4n) is 2.11. The first kappa shape index (κ1) is 15.2. The van der Waals surface area contributed by atoms with Gasteiger partial charge in [-0.1, -0.05) is 0 Å². The van der Waals surface area contributed by atoms with Gasteiger partial charge in [0.15, 0.2) is 0 Å². The van der Waals surface area contributed by atoms with Gasteiger partial charge in [-0.05, 0) is 38.0 Å². The predicted octanol–water partition coefficient (Wildman–Crippen LogP) is 1.45. The predicted molar refractivity (Wildman–Crippen MR) is 78.1 cm³/mol. The Kier molecular flexibility index (Phi) is 4.67. The van der Waals surface area contributed by atoms with Crippen LogP contribution in [0.15, 0.2) is 18.2 Å². The van der Waals surface area contributed by atoms with Crippen molar-refractivity contribution >= 4 is 17.6 Å². The molecule has 0 radical (unpaired) electrons. The number of nitrogens with two attached hydrogens (primary N) is 1. The second kappa shape index (κ2) is 6.47. The van der Waals surface area contributed by atoms with Crippen LogP contribution in [0.2, 0.25) is 0 Å². The zero-order chi connectivity index (χ0) is 15.4. The van der Waals surface area contributed by atoms with E-state index in [1.807, 2.05) is 0 Å². The van der Waals surface area contributed by atoms with Crippen molar-refractivity contribution in [3.05, 3.63) is 23.8 Å². The summed E-state index contributed by atoms with van der Waals surface area (Å²) in [4.78, 5) is 25.8. The summed E-state index contributed by atoms with van der Waals surface area (Å²) in [6, 6.07) is 4.98. The van der Waals surface area contributed by atoms with Crippen LogP contribution in [-0.4, -0.2) is 43.1 Å². The Labute approximate surface area is 123 Å². The van der Waals surface area contributed by atoms with Crippen LogP contribution in [0.5, 0.6) is 5.75 Å². The van der Waals surface area contributed by atoms with Crippen molar-refractivity contribution in [2.75, 3.05) is 26.0 Å². The number of nitrogen functional groups attached to an aromatic ring is 1. The molecule has 114 valence electrons. The number of methoxy groups -OCH3 is 1. The first-order valence-corrected chi connectivity index (χ1v) is 6.97. The first-order valence-electron chi connectivity index (χ1n) is 6.97. The third-order valence-electron chi connectivity index (χ3n) is 3.33. The van der Waals surface area contributed by atoms with E-state index in [2.05, 4.69) is 0 Å². The Morgan fingerprint density at radius 3 is 2.67 bits per heavy atom. The van der Waals surface area contributed by atoms with Crippen LogP contribution in [0.3, 0.4) is 0 Å². The van der Waals surface area contributed by atoms with Crippen LogP contribution in [0.1, 0.15) is 30.1 Å². The van der Waals surface area contributed by atoms with Crippen molar-refractivity contribution in [2.24, 2.45) is 0 Å². The molecule has 0 heterocycles. The maximum atomic E-state index is 12.6. The maximum absolute atomic E-state index is 12.6. The molecule has 6 nitrogen and oxygen atoms in total. The van der Waals surface area contributed by atoms with Crippen LogP contribution in [0, 0.1) is 0 Å². The highest BCUT2D eigenvalue weighted by Gasteiger charge is 2.34. The van der Waals surface area contributed by atoms with Crippen molar-refractivity contribution in [2.45, 2.75) is 25.8 Å². The summed E-state index contributed by atoms with van der Waals surface area (Å²) in [6.07, 6.45) is 1.83. The second-order valence-electron chi connectivity index (χ2n) is 4.93. The van der Waals surface area contributed by atoms with E-state index in [-0.39, 0.29) is 24.5 Å². The molecule has 6 heteroatoms. The lowest BCUT2D eigenvalue weighted by molar-refractivity contribution is -0.144. The minimum atomic E-state index is -0.389. The van der Waals surface area contributed by atoms with Gasteiger partial charge in [0.25, 0.3) is 5.91 Å². The molecule has 1 aliphatic rings. The summed E-state index contributed by atoms with van der Waals surface area (Å²) in [5.74, 6) is -0.142. The fourth-order valence-corrected chi connectivity index (χ4v) is 2.11. The molecule has 21 heavy (non-hydrogen) atoms. The van der Waals surface area contributed by atoms with Gasteiger partial charge in [-0.25, -0.2) is 0 Å². The molecule has 0 aliphatic heterocycles. The SMILES string of the molecule is CCOC(=O)CN(C(=O)c1ccc(N)c(OC)c1)C1CC1. The summed E-state index contributed by atoms with van der Waals surface area (Å²) in [6.45, 7) is 2.03. The summed E-state index contributed by atoms with van der Waals surface area (Å²) < 4.78 is 10.0. The lowest BCUT2D eigenvalue weighted by atomic mass is 10.1. The molecule has 0 atom stereocenters. The van der Waals surface area contributed by atoms with Crippen LogP contribution in [0.25, 0.3) is 0 Å². The third-order valence-corrected chi connectivity index (χ3v) is 3.33.